The summed E-state index contributed by atoms with van der Waals surface area (Å²) in [7, 11) is 0. The minimum atomic E-state index is -1.19. The van der Waals surface area contributed by atoms with E-state index in [4.69, 9.17) is 4.74 Å². The van der Waals surface area contributed by atoms with Crippen LogP contribution >= 0.6 is 11.3 Å². The lowest BCUT2D eigenvalue weighted by Crippen LogP contribution is -2.42. The molecule has 4 atom stereocenters. The third-order valence-electron chi connectivity index (χ3n) is 4.45. The second-order valence-electron chi connectivity index (χ2n) is 5.93. The molecule has 1 heterocycles. The smallest absolute Gasteiger partial charge is 0.311 e. The number of carboxylic acids is 1. The van der Waals surface area contributed by atoms with Crippen LogP contribution < -0.4 is 10.4 Å². The predicted molar refractivity (Wildman–Crippen MR) is 83.8 cm³/mol. The summed E-state index contributed by atoms with van der Waals surface area (Å²) in [6, 6.07) is 0. The topological polar surface area (TPSA) is 108 Å². The molecule has 24 heavy (non-hydrogen) atoms. The first kappa shape index (κ1) is 16.6. The van der Waals surface area contributed by atoms with E-state index in [0.717, 1.165) is 0 Å². The number of hydrogen-bond donors (Lipinski definition) is 1. The molecule has 1 aromatic heterocycles. The average molecular weight is 349 g/mol. The maximum Gasteiger partial charge on any atom is 0.311 e. The molecule has 1 aromatic rings. The Morgan fingerprint density at radius 3 is 2.71 bits per heavy atom. The van der Waals surface area contributed by atoms with Crippen molar-refractivity contribution in [2.24, 2.45) is 23.7 Å². The summed E-state index contributed by atoms with van der Waals surface area (Å²) in [5, 5.41) is 16.0. The molecule has 0 radical (unpaired) electrons. The van der Waals surface area contributed by atoms with Crippen LogP contribution in [0.15, 0.2) is 17.5 Å². The molecule has 1 N–H and O–H groups in total. The zero-order valence-corrected chi connectivity index (χ0v) is 13.9. The highest BCUT2D eigenvalue weighted by Crippen LogP contribution is 2.48. The zero-order valence-electron chi connectivity index (χ0n) is 13.1. The van der Waals surface area contributed by atoms with Crippen molar-refractivity contribution in [2.45, 2.75) is 19.8 Å². The summed E-state index contributed by atoms with van der Waals surface area (Å²) < 4.78 is 4.85. The summed E-state index contributed by atoms with van der Waals surface area (Å²) >= 11 is 1.19. The van der Waals surface area contributed by atoms with Gasteiger partial charge in [-0.2, -0.15) is 0 Å². The number of carbonyl (C=O) groups excluding carboxylic acids is 3. The number of rotatable bonds is 6. The Labute approximate surface area is 142 Å². The van der Waals surface area contributed by atoms with E-state index in [1.807, 2.05) is 12.2 Å². The second-order valence-corrected chi connectivity index (χ2v) is 6.79. The molecule has 0 spiro atoms. The number of thiazole rings is 1. The lowest BCUT2D eigenvalue weighted by molar-refractivity contribution is -0.313. The molecule has 7 nitrogen and oxygen atoms in total. The van der Waals surface area contributed by atoms with Crippen LogP contribution in [0.25, 0.3) is 0 Å². The van der Waals surface area contributed by atoms with E-state index in [2.05, 4.69) is 10.3 Å². The van der Waals surface area contributed by atoms with Crippen molar-refractivity contribution < 1.29 is 24.2 Å². The van der Waals surface area contributed by atoms with E-state index in [1.165, 1.54) is 11.3 Å². The molecule has 3 rings (SSSR count). The van der Waals surface area contributed by atoms with Gasteiger partial charge in [-0.25, -0.2) is 4.98 Å². The van der Waals surface area contributed by atoms with Crippen LogP contribution in [0.2, 0.25) is 0 Å². The number of aromatic nitrogens is 1. The SMILES string of the molecule is CCOC(=O)Cc1csc(NC(=O)[C@H]2[C@H](C(=O)[O-])[C@@H]3C=C[C@H]2C3)n1. The Balaban J connectivity index is 1.65. The van der Waals surface area contributed by atoms with Crippen molar-refractivity contribution in [1.29, 1.82) is 0 Å². The van der Waals surface area contributed by atoms with Gasteiger partial charge in [-0.1, -0.05) is 12.2 Å². The summed E-state index contributed by atoms with van der Waals surface area (Å²) in [4.78, 5) is 39.5. The fourth-order valence-corrected chi connectivity index (χ4v) is 4.21. The average Bonchev–Trinajstić information content (AvgIpc) is 3.22. The largest absolute Gasteiger partial charge is 0.550 e. The van der Waals surface area contributed by atoms with E-state index in [0.29, 0.717) is 23.9 Å². The Bertz CT molecular complexity index is 698. The minimum Gasteiger partial charge on any atom is -0.550 e. The number of carbonyl (C=O) groups is 3. The minimum absolute atomic E-state index is 0.0404. The van der Waals surface area contributed by atoms with E-state index >= 15 is 0 Å². The molecule has 8 heteroatoms. The summed E-state index contributed by atoms with van der Waals surface area (Å²) in [6.07, 6.45) is 4.47. The molecule has 0 unspecified atom stereocenters. The summed E-state index contributed by atoms with van der Waals surface area (Å²) in [5.41, 5.74) is 0.512. The van der Waals surface area contributed by atoms with Gasteiger partial charge in [-0.05, 0) is 25.2 Å². The van der Waals surface area contributed by atoms with E-state index in [9.17, 15) is 19.5 Å². The lowest BCUT2D eigenvalue weighted by Gasteiger charge is -2.27. The Hall–Kier alpha value is -2.22. The van der Waals surface area contributed by atoms with E-state index < -0.39 is 17.8 Å². The monoisotopic (exact) mass is 349 g/mol. The number of esters is 1. The molecular formula is C16H17N2O5S-. The second kappa shape index (κ2) is 6.72. The van der Waals surface area contributed by atoms with Crippen LogP contribution in [0, 0.1) is 23.7 Å². The number of ether oxygens (including phenoxy) is 1. The molecule has 128 valence electrons. The predicted octanol–water partition coefficient (Wildman–Crippen LogP) is 0.375. The molecule has 2 bridgehead atoms. The van der Waals surface area contributed by atoms with Crippen molar-refractivity contribution >= 4 is 34.3 Å². The normalized spacial score (nSPS) is 27.2. The molecule has 1 saturated carbocycles. The van der Waals surface area contributed by atoms with E-state index in [1.54, 1.807) is 12.3 Å². The molecule has 1 fully saturated rings. The van der Waals surface area contributed by atoms with Gasteiger partial charge >= 0.3 is 5.97 Å². The highest BCUT2D eigenvalue weighted by atomic mass is 32.1. The maximum atomic E-state index is 12.5. The third kappa shape index (κ3) is 3.19. The van der Waals surface area contributed by atoms with Gasteiger partial charge in [-0.15, -0.1) is 11.3 Å². The number of nitrogens with zero attached hydrogens (tertiary/aromatic N) is 1. The van der Waals surface area contributed by atoms with Crippen LogP contribution in [0.1, 0.15) is 19.0 Å². The van der Waals surface area contributed by atoms with Gasteiger partial charge in [0, 0.05) is 17.3 Å². The van der Waals surface area contributed by atoms with Crippen molar-refractivity contribution in [2.75, 3.05) is 11.9 Å². The van der Waals surface area contributed by atoms with Crippen LogP contribution in [0.3, 0.4) is 0 Å². The van der Waals surface area contributed by atoms with Gasteiger partial charge < -0.3 is 20.0 Å². The van der Waals surface area contributed by atoms with Crippen LogP contribution in [0.4, 0.5) is 5.13 Å². The Kier molecular flexibility index (Phi) is 4.66. The standard InChI is InChI=1S/C16H18N2O5S/c1-2-23-11(19)6-10-7-24-16(17-10)18-14(20)12-8-3-4-9(5-8)13(12)15(21)22/h3-4,7-9,12-13H,2,5-6H2,1H3,(H,21,22)(H,17,18,20)/p-1/t8-,9+,12+,13+/m0/s1. The van der Waals surface area contributed by atoms with Crippen molar-refractivity contribution in [3.63, 3.8) is 0 Å². The lowest BCUT2D eigenvalue weighted by atomic mass is 9.82. The number of allylic oxidation sites excluding steroid dienone is 2. The van der Waals surface area contributed by atoms with Gasteiger partial charge in [0.25, 0.3) is 0 Å². The quantitative estimate of drug-likeness (QED) is 0.587. The van der Waals surface area contributed by atoms with Crippen molar-refractivity contribution in [1.82, 2.24) is 4.98 Å². The Morgan fingerprint density at radius 2 is 2.04 bits per heavy atom. The van der Waals surface area contributed by atoms with Crippen LogP contribution in [-0.2, 0) is 25.5 Å². The van der Waals surface area contributed by atoms with Crippen LogP contribution in [0.5, 0.6) is 0 Å². The highest BCUT2D eigenvalue weighted by Gasteiger charge is 2.48. The molecule has 0 saturated heterocycles. The summed E-state index contributed by atoms with van der Waals surface area (Å²) in [6.45, 7) is 2.02. The number of amides is 1. The van der Waals surface area contributed by atoms with Gasteiger partial charge in [0.1, 0.15) is 0 Å². The molecule has 0 aliphatic heterocycles. The third-order valence-corrected chi connectivity index (χ3v) is 5.25. The fourth-order valence-electron chi connectivity index (χ4n) is 3.50. The number of nitrogens with one attached hydrogen (secondary N) is 1. The molecule has 2 aliphatic carbocycles. The van der Waals surface area contributed by atoms with Gasteiger partial charge in [0.2, 0.25) is 5.91 Å². The first-order valence-corrected chi connectivity index (χ1v) is 8.67. The first-order chi connectivity index (χ1) is 11.5. The number of fused-ring (bicyclic) bond motifs is 2. The van der Waals surface area contributed by atoms with Gasteiger partial charge in [0.05, 0.1) is 24.6 Å². The fraction of sp³-hybridized carbons (Fsp3) is 0.500. The van der Waals surface area contributed by atoms with Crippen molar-refractivity contribution in [3.8, 4) is 0 Å². The number of hydrogen-bond acceptors (Lipinski definition) is 7. The summed E-state index contributed by atoms with van der Waals surface area (Å²) in [5.74, 6) is -3.56. The first-order valence-electron chi connectivity index (χ1n) is 7.79. The van der Waals surface area contributed by atoms with Crippen molar-refractivity contribution in [3.05, 3.63) is 23.2 Å². The van der Waals surface area contributed by atoms with E-state index in [-0.39, 0.29) is 30.1 Å². The number of carboxylic acid groups (broad SMARTS) is 1. The number of aliphatic carboxylic acids is 1. The molecule has 0 aromatic carbocycles. The molecule has 1 amide bonds. The highest BCUT2D eigenvalue weighted by molar-refractivity contribution is 7.13. The van der Waals surface area contributed by atoms with Gasteiger partial charge in [0.15, 0.2) is 5.13 Å². The Morgan fingerprint density at radius 1 is 1.33 bits per heavy atom. The maximum absolute atomic E-state index is 12.5. The zero-order chi connectivity index (χ0) is 17.3. The van der Waals surface area contributed by atoms with Gasteiger partial charge in [-0.3, -0.25) is 9.59 Å². The molecule has 2 aliphatic rings. The molecular weight excluding hydrogens is 332 g/mol. The number of anilines is 1. The van der Waals surface area contributed by atoms with Crippen LogP contribution in [-0.4, -0.2) is 29.4 Å².